The minimum absolute atomic E-state index is 0.00899. The van der Waals surface area contributed by atoms with E-state index in [0.717, 1.165) is 18.6 Å². The van der Waals surface area contributed by atoms with Crippen LogP contribution in [0.1, 0.15) is 24.5 Å². The highest BCUT2D eigenvalue weighted by Crippen LogP contribution is 2.30. The van der Waals surface area contributed by atoms with Gasteiger partial charge in [0.15, 0.2) is 0 Å². The number of carbonyl (C=O) groups excluding carboxylic acids is 1. The summed E-state index contributed by atoms with van der Waals surface area (Å²) in [6, 6.07) is 5.15. The van der Waals surface area contributed by atoms with Gasteiger partial charge in [-0.1, -0.05) is 25.1 Å². The van der Waals surface area contributed by atoms with Gasteiger partial charge in [-0.2, -0.15) is 13.2 Å². The molecule has 116 valence electrons. The number of hydrogen-bond acceptors (Lipinski definition) is 2. The lowest BCUT2D eigenvalue weighted by atomic mass is 9.98. The lowest BCUT2D eigenvalue weighted by Gasteiger charge is -2.21. The molecule has 0 spiro atoms. The number of nitrogens with two attached hydrogens (primary N) is 1. The van der Waals surface area contributed by atoms with Gasteiger partial charge in [-0.05, 0) is 24.5 Å². The molecule has 3 nitrogen and oxygen atoms in total. The van der Waals surface area contributed by atoms with Crippen LogP contribution in [0.15, 0.2) is 24.3 Å². The molecule has 1 aromatic carbocycles. The fraction of sp³-hybridized carbons (Fsp3) is 0.533. The van der Waals surface area contributed by atoms with Crippen LogP contribution in [0.25, 0.3) is 0 Å². The molecule has 0 aromatic heterocycles. The molecule has 6 heteroatoms. The summed E-state index contributed by atoms with van der Waals surface area (Å²) in [7, 11) is 0. The Labute approximate surface area is 121 Å². The maximum Gasteiger partial charge on any atom is 0.416 e. The Morgan fingerprint density at radius 3 is 2.76 bits per heavy atom. The van der Waals surface area contributed by atoms with Crippen molar-refractivity contribution in [3.8, 4) is 0 Å². The van der Waals surface area contributed by atoms with Crippen LogP contribution in [-0.2, 0) is 17.4 Å². The Morgan fingerprint density at radius 2 is 2.19 bits per heavy atom. The van der Waals surface area contributed by atoms with Crippen molar-refractivity contribution in [1.82, 2.24) is 4.90 Å². The van der Waals surface area contributed by atoms with Crippen LogP contribution in [0.2, 0.25) is 0 Å². The number of amides is 1. The molecular weight excluding hydrogens is 281 g/mol. The van der Waals surface area contributed by atoms with Crippen LogP contribution in [0.4, 0.5) is 13.2 Å². The fourth-order valence-corrected chi connectivity index (χ4v) is 2.61. The van der Waals surface area contributed by atoms with Crippen LogP contribution in [-0.4, -0.2) is 29.9 Å². The summed E-state index contributed by atoms with van der Waals surface area (Å²) in [5.74, 6) is -0.390. The van der Waals surface area contributed by atoms with E-state index >= 15 is 0 Å². The van der Waals surface area contributed by atoms with Crippen molar-refractivity contribution in [1.29, 1.82) is 0 Å². The predicted octanol–water partition coefficient (Wildman–Crippen LogP) is 2.44. The Bertz CT molecular complexity index is 516. The quantitative estimate of drug-likeness (QED) is 0.932. The third-order valence-corrected chi connectivity index (χ3v) is 3.75. The number of alkyl halides is 3. The van der Waals surface area contributed by atoms with Crippen molar-refractivity contribution in [3.05, 3.63) is 35.4 Å². The van der Waals surface area contributed by atoms with Gasteiger partial charge in [0.1, 0.15) is 0 Å². The number of likely N-dealkylation sites (tertiary alicyclic amines) is 1. The Kier molecular flexibility index (Phi) is 4.56. The van der Waals surface area contributed by atoms with Gasteiger partial charge in [0, 0.05) is 25.0 Å². The molecular formula is C15H19F3N2O. The summed E-state index contributed by atoms with van der Waals surface area (Å²) in [6.07, 6.45) is -3.28. The van der Waals surface area contributed by atoms with Crippen LogP contribution in [0.5, 0.6) is 0 Å². The maximum absolute atomic E-state index is 12.7. The first-order chi connectivity index (χ1) is 9.77. The lowest BCUT2D eigenvalue weighted by molar-refractivity contribution is -0.137. The zero-order valence-electron chi connectivity index (χ0n) is 11.9. The summed E-state index contributed by atoms with van der Waals surface area (Å²) in [5, 5.41) is 0. The fourth-order valence-electron chi connectivity index (χ4n) is 2.61. The van der Waals surface area contributed by atoms with Crippen LogP contribution < -0.4 is 5.73 Å². The SMILES string of the molecule is CC(Cc1cccc(C(F)(F)F)c1)C(=O)N1CC[C@@H](N)C1. The Morgan fingerprint density at radius 1 is 1.48 bits per heavy atom. The molecule has 1 aromatic rings. The second-order valence-corrected chi connectivity index (χ2v) is 5.64. The van der Waals surface area contributed by atoms with Crippen molar-refractivity contribution >= 4 is 5.91 Å². The average molecular weight is 300 g/mol. The van der Waals surface area contributed by atoms with Gasteiger partial charge < -0.3 is 10.6 Å². The third-order valence-electron chi connectivity index (χ3n) is 3.75. The molecule has 1 saturated heterocycles. The average Bonchev–Trinajstić information content (AvgIpc) is 2.84. The number of nitrogens with zero attached hydrogens (tertiary/aromatic N) is 1. The van der Waals surface area contributed by atoms with Crippen molar-refractivity contribution in [2.45, 2.75) is 32.0 Å². The van der Waals surface area contributed by atoms with Crippen molar-refractivity contribution in [3.63, 3.8) is 0 Å². The second kappa shape index (κ2) is 6.05. The number of benzene rings is 1. The predicted molar refractivity (Wildman–Crippen MR) is 73.5 cm³/mol. The highest BCUT2D eigenvalue weighted by molar-refractivity contribution is 5.79. The van der Waals surface area contributed by atoms with Gasteiger partial charge in [-0.15, -0.1) is 0 Å². The van der Waals surface area contributed by atoms with Gasteiger partial charge in [0.25, 0.3) is 0 Å². The Hall–Kier alpha value is -1.56. The summed E-state index contributed by atoms with van der Waals surface area (Å²) in [5.41, 5.74) is 5.61. The number of rotatable bonds is 3. The molecule has 1 amide bonds. The molecule has 1 aliphatic heterocycles. The largest absolute Gasteiger partial charge is 0.416 e. The highest BCUT2D eigenvalue weighted by atomic mass is 19.4. The zero-order valence-corrected chi connectivity index (χ0v) is 11.9. The van der Waals surface area contributed by atoms with Gasteiger partial charge >= 0.3 is 6.18 Å². The van der Waals surface area contributed by atoms with E-state index < -0.39 is 11.7 Å². The number of halogens is 3. The first-order valence-electron chi connectivity index (χ1n) is 6.98. The summed E-state index contributed by atoms with van der Waals surface area (Å²) in [4.78, 5) is 13.9. The van der Waals surface area contributed by atoms with Crippen molar-refractivity contribution in [2.75, 3.05) is 13.1 Å². The smallest absolute Gasteiger partial charge is 0.341 e. The van der Waals surface area contributed by atoms with E-state index in [1.165, 1.54) is 6.07 Å². The van der Waals surface area contributed by atoms with E-state index in [1.54, 1.807) is 17.9 Å². The molecule has 0 bridgehead atoms. The topological polar surface area (TPSA) is 46.3 Å². The minimum atomic E-state index is -4.36. The monoisotopic (exact) mass is 300 g/mol. The summed E-state index contributed by atoms with van der Waals surface area (Å²) >= 11 is 0. The molecule has 2 N–H and O–H groups in total. The van der Waals surface area contributed by atoms with Crippen molar-refractivity contribution < 1.29 is 18.0 Å². The Balaban J connectivity index is 2.02. The molecule has 2 rings (SSSR count). The normalized spacial score (nSPS) is 20.6. The first kappa shape index (κ1) is 15.8. The molecule has 0 saturated carbocycles. The standard InChI is InChI=1S/C15H19F3N2O/c1-10(14(21)20-6-5-13(19)9-20)7-11-3-2-4-12(8-11)15(16,17)18/h2-4,8,10,13H,5-7,9,19H2,1H3/t10?,13-/m1/s1. The van der Waals surface area contributed by atoms with E-state index in [4.69, 9.17) is 5.73 Å². The van der Waals surface area contributed by atoms with Crippen LogP contribution in [0.3, 0.4) is 0 Å². The first-order valence-corrected chi connectivity index (χ1v) is 6.98. The molecule has 1 fully saturated rings. The molecule has 2 atom stereocenters. The summed E-state index contributed by atoms with van der Waals surface area (Å²) < 4.78 is 38.0. The molecule has 1 heterocycles. The van der Waals surface area contributed by atoms with E-state index in [0.29, 0.717) is 25.1 Å². The van der Waals surface area contributed by atoms with Crippen LogP contribution >= 0.6 is 0 Å². The van der Waals surface area contributed by atoms with Crippen molar-refractivity contribution in [2.24, 2.45) is 11.7 Å². The molecule has 1 unspecified atom stereocenters. The molecule has 0 radical (unpaired) electrons. The van der Waals surface area contributed by atoms with Gasteiger partial charge in [-0.3, -0.25) is 4.79 Å². The zero-order chi connectivity index (χ0) is 15.6. The highest BCUT2D eigenvalue weighted by Gasteiger charge is 2.31. The summed E-state index contributed by atoms with van der Waals surface area (Å²) in [6.45, 7) is 2.91. The van der Waals surface area contributed by atoms with Gasteiger partial charge in [0.2, 0.25) is 5.91 Å². The van der Waals surface area contributed by atoms with E-state index in [1.807, 2.05) is 0 Å². The van der Waals surface area contributed by atoms with E-state index in [2.05, 4.69) is 0 Å². The van der Waals surface area contributed by atoms with Gasteiger partial charge in [0.05, 0.1) is 5.56 Å². The third kappa shape index (κ3) is 3.97. The number of hydrogen-bond donors (Lipinski definition) is 1. The number of carbonyl (C=O) groups is 1. The second-order valence-electron chi connectivity index (χ2n) is 5.64. The lowest BCUT2D eigenvalue weighted by Crippen LogP contribution is -2.36. The molecule has 21 heavy (non-hydrogen) atoms. The molecule has 0 aliphatic carbocycles. The van der Waals surface area contributed by atoms with E-state index in [9.17, 15) is 18.0 Å². The van der Waals surface area contributed by atoms with Gasteiger partial charge in [-0.25, -0.2) is 0 Å². The maximum atomic E-state index is 12.7. The molecule has 1 aliphatic rings. The minimum Gasteiger partial charge on any atom is -0.341 e. The van der Waals surface area contributed by atoms with E-state index in [-0.39, 0.29) is 17.9 Å². The van der Waals surface area contributed by atoms with Crippen LogP contribution in [0, 0.1) is 5.92 Å².